The minimum absolute atomic E-state index is 0.0454. The molecule has 0 spiro atoms. The van der Waals surface area contributed by atoms with Crippen LogP contribution in [0.25, 0.3) is 0 Å². The quantitative estimate of drug-likeness (QED) is 0.798. The van der Waals surface area contributed by atoms with Gasteiger partial charge in [-0.15, -0.1) is 0 Å². The van der Waals surface area contributed by atoms with Crippen LogP contribution in [0.4, 0.5) is 4.39 Å². The summed E-state index contributed by atoms with van der Waals surface area (Å²) >= 11 is 0. The molecule has 0 atom stereocenters. The van der Waals surface area contributed by atoms with Gasteiger partial charge in [0.2, 0.25) is 0 Å². The van der Waals surface area contributed by atoms with E-state index >= 15 is 0 Å². The standard InChI is InChI=1S/C18H18FNO2/c19-11-15(12-20)13-22-17-8-6-16(7-9-17)18(21)10-14-4-2-1-3-5-14/h1-9,11H,10,12-13,20H2/b15-11+. The smallest absolute Gasteiger partial charge is 0.167 e. The van der Waals surface area contributed by atoms with Crippen LogP contribution < -0.4 is 10.5 Å². The number of halogens is 1. The van der Waals surface area contributed by atoms with E-state index in [1.807, 2.05) is 30.3 Å². The molecule has 0 aliphatic heterocycles. The predicted octanol–water partition coefficient (Wildman–Crippen LogP) is 3.30. The molecule has 2 N–H and O–H groups in total. The van der Waals surface area contributed by atoms with E-state index in [0.29, 0.717) is 29.6 Å². The number of carbonyl (C=O) groups is 1. The number of rotatable bonds is 7. The summed E-state index contributed by atoms with van der Waals surface area (Å²) in [7, 11) is 0. The van der Waals surface area contributed by atoms with Crippen molar-refractivity contribution >= 4 is 5.78 Å². The third-order valence-corrected chi connectivity index (χ3v) is 3.22. The molecule has 0 saturated carbocycles. The van der Waals surface area contributed by atoms with Crippen molar-refractivity contribution in [1.82, 2.24) is 0 Å². The van der Waals surface area contributed by atoms with E-state index in [9.17, 15) is 9.18 Å². The molecular formula is C18H18FNO2. The van der Waals surface area contributed by atoms with Gasteiger partial charge in [0.05, 0.1) is 6.33 Å². The summed E-state index contributed by atoms with van der Waals surface area (Å²) in [6.45, 7) is 0.217. The fourth-order valence-electron chi connectivity index (χ4n) is 1.93. The minimum Gasteiger partial charge on any atom is -0.489 e. The Morgan fingerprint density at radius 3 is 2.36 bits per heavy atom. The Morgan fingerprint density at radius 2 is 1.77 bits per heavy atom. The van der Waals surface area contributed by atoms with Gasteiger partial charge in [0.25, 0.3) is 0 Å². The Kier molecular flexibility index (Phi) is 5.86. The maximum atomic E-state index is 12.4. The van der Waals surface area contributed by atoms with E-state index in [1.165, 1.54) is 0 Å². The van der Waals surface area contributed by atoms with Crippen LogP contribution in [0.3, 0.4) is 0 Å². The van der Waals surface area contributed by atoms with Crippen LogP contribution in [0.1, 0.15) is 15.9 Å². The van der Waals surface area contributed by atoms with E-state index in [1.54, 1.807) is 24.3 Å². The summed E-state index contributed by atoms with van der Waals surface area (Å²) < 4.78 is 17.8. The highest BCUT2D eigenvalue weighted by molar-refractivity contribution is 5.97. The van der Waals surface area contributed by atoms with Crippen molar-refractivity contribution < 1.29 is 13.9 Å². The lowest BCUT2D eigenvalue weighted by Crippen LogP contribution is -2.10. The number of carbonyl (C=O) groups excluding carboxylic acids is 1. The largest absolute Gasteiger partial charge is 0.489 e. The van der Waals surface area contributed by atoms with Gasteiger partial charge in [0.15, 0.2) is 5.78 Å². The second kappa shape index (κ2) is 8.10. The van der Waals surface area contributed by atoms with Gasteiger partial charge >= 0.3 is 0 Å². The lowest BCUT2D eigenvalue weighted by atomic mass is 10.0. The first-order valence-corrected chi connectivity index (χ1v) is 7.01. The molecule has 0 amide bonds. The van der Waals surface area contributed by atoms with Crippen molar-refractivity contribution in [3.8, 4) is 5.75 Å². The second-order valence-corrected chi connectivity index (χ2v) is 4.87. The second-order valence-electron chi connectivity index (χ2n) is 4.87. The Morgan fingerprint density at radius 1 is 1.09 bits per heavy atom. The summed E-state index contributed by atoms with van der Waals surface area (Å²) in [5.41, 5.74) is 7.33. The van der Waals surface area contributed by atoms with Gasteiger partial charge in [-0.2, -0.15) is 0 Å². The molecular weight excluding hydrogens is 281 g/mol. The molecule has 0 radical (unpaired) electrons. The topological polar surface area (TPSA) is 52.3 Å². The van der Waals surface area contributed by atoms with Crippen LogP contribution in [0.5, 0.6) is 5.75 Å². The number of benzene rings is 2. The first-order valence-electron chi connectivity index (χ1n) is 7.01. The molecule has 22 heavy (non-hydrogen) atoms. The van der Waals surface area contributed by atoms with Gasteiger partial charge in [0, 0.05) is 24.1 Å². The summed E-state index contributed by atoms with van der Waals surface area (Å²) in [6, 6.07) is 16.4. The maximum absolute atomic E-state index is 12.4. The molecule has 0 aliphatic rings. The number of hydrogen-bond donors (Lipinski definition) is 1. The maximum Gasteiger partial charge on any atom is 0.167 e. The Bertz CT molecular complexity index is 636. The van der Waals surface area contributed by atoms with Crippen molar-refractivity contribution in [3.63, 3.8) is 0 Å². The Labute approximate surface area is 129 Å². The lowest BCUT2D eigenvalue weighted by molar-refractivity contribution is 0.0993. The first-order chi connectivity index (χ1) is 10.7. The zero-order valence-corrected chi connectivity index (χ0v) is 12.2. The molecule has 0 fully saturated rings. The van der Waals surface area contributed by atoms with E-state index in [0.717, 1.165) is 5.56 Å². The van der Waals surface area contributed by atoms with Crippen LogP contribution in [0.2, 0.25) is 0 Å². The zero-order chi connectivity index (χ0) is 15.8. The van der Waals surface area contributed by atoms with Crippen LogP contribution in [-0.2, 0) is 6.42 Å². The molecule has 0 heterocycles. The van der Waals surface area contributed by atoms with Crippen LogP contribution in [0.15, 0.2) is 66.5 Å². The highest BCUT2D eigenvalue weighted by atomic mass is 19.1. The minimum atomic E-state index is 0.0454. The molecule has 2 aromatic carbocycles. The van der Waals surface area contributed by atoms with E-state index in [-0.39, 0.29) is 18.9 Å². The van der Waals surface area contributed by atoms with E-state index in [4.69, 9.17) is 10.5 Å². The molecule has 0 bridgehead atoms. The normalized spacial score (nSPS) is 11.3. The monoisotopic (exact) mass is 299 g/mol. The number of nitrogens with two attached hydrogens (primary N) is 1. The average molecular weight is 299 g/mol. The van der Waals surface area contributed by atoms with Crippen LogP contribution >= 0.6 is 0 Å². The summed E-state index contributed by atoms with van der Waals surface area (Å²) in [5.74, 6) is 0.619. The predicted molar refractivity (Wildman–Crippen MR) is 84.7 cm³/mol. The Hall–Kier alpha value is -2.46. The molecule has 0 saturated heterocycles. The average Bonchev–Trinajstić information content (AvgIpc) is 2.57. The highest BCUT2D eigenvalue weighted by Crippen LogP contribution is 2.15. The van der Waals surface area contributed by atoms with Gasteiger partial charge in [-0.05, 0) is 29.8 Å². The van der Waals surface area contributed by atoms with Gasteiger partial charge in [-0.3, -0.25) is 4.79 Å². The third kappa shape index (κ3) is 4.53. The highest BCUT2D eigenvalue weighted by Gasteiger charge is 2.07. The summed E-state index contributed by atoms with van der Waals surface area (Å²) in [6.07, 6.45) is 0.820. The number of hydrogen-bond acceptors (Lipinski definition) is 3. The fourth-order valence-corrected chi connectivity index (χ4v) is 1.93. The Balaban J connectivity index is 1.95. The number of ketones is 1. The van der Waals surface area contributed by atoms with Crippen molar-refractivity contribution in [2.24, 2.45) is 5.73 Å². The number of ether oxygens (including phenoxy) is 1. The fraction of sp³-hybridized carbons (Fsp3) is 0.167. The molecule has 4 heteroatoms. The first kappa shape index (κ1) is 15.9. The molecule has 0 aromatic heterocycles. The van der Waals surface area contributed by atoms with E-state index in [2.05, 4.69) is 0 Å². The SMILES string of the molecule is NC/C(=C\F)COc1ccc(C(=O)Cc2ccccc2)cc1. The van der Waals surface area contributed by atoms with Gasteiger partial charge in [0.1, 0.15) is 12.4 Å². The van der Waals surface area contributed by atoms with Crippen LogP contribution in [0, 0.1) is 0 Å². The zero-order valence-electron chi connectivity index (χ0n) is 12.2. The van der Waals surface area contributed by atoms with Gasteiger partial charge < -0.3 is 10.5 Å². The molecule has 0 aliphatic carbocycles. The van der Waals surface area contributed by atoms with Crippen molar-refractivity contribution in [2.45, 2.75) is 6.42 Å². The van der Waals surface area contributed by atoms with E-state index < -0.39 is 0 Å². The molecule has 2 aromatic rings. The summed E-state index contributed by atoms with van der Waals surface area (Å²) in [5, 5.41) is 0. The van der Waals surface area contributed by atoms with Crippen molar-refractivity contribution in [2.75, 3.05) is 13.2 Å². The van der Waals surface area contributed by atoms with Gasteiger partial charge in [-0.1, -0.05) is 30.3 Å². The lowest BCUT2D eigenvalue weighted by Gasteiger charge is -2.08. The molecule has 3 nitrogen and oxygen atoms in total. The van der Waals surface area contributed by atoms with Gasteiger partial charge in [-0.25, -0.2) is 4.39 Å². The molecule has 2 rings (SSSR count). The molecule has 114 valence electrons. The third-order valence-electron chi connectivity index (χ3n) is 3.22. The van der Waals surface area contributed by atoms with Crippen molar-refractivity contribution in [3.05, 3.63) is 77.6 Å². The molecule has 0 unspecified atom stereocenters. The number of Topliss-reactive ketones (excluding diaryl/α,β-unsaturated/α-hetero) is 1. The van der Waals surface area contributed by atoms with Crippen molar-refractivity contribution in [1.29, 1.82) is 0 Å². The summed E-state index contributed by atoms with van der Waals surface area (Å²) in [4.78, 5) is 12.2. The van der Waals surface area contributed by atoms with Crippen LogP contribution in [-0.4, -0.2) is 18.9 Å².